The molecule has 1 aliphatic heterocycles. The van der Waals surface area contributed by atoms with E-state index in [0.29, 0.717) is 18.0 Å². The summed E-state index contributed by atoms with van der Waals surface area (Å²) < 4.78 is 0. The van der Waals surface area contributed by atoms with Crippen molar-refractivity contribution in [2.24, 2.45) is 0 Å². The van der Waals surface area contributed by atoms with Crippen molar-refractivity contribution >= 4 is 17.4 Å². The lowest BCUT2D eigenvalue weighted by molar-refractivity contribution is -0.116. The lowest BCUT2D eigenvalue weighted by Gasteiger charge is -2.24. The Bertz CT molecular complexity index is 725. The summed E-state index contributed by atoms with van der Waals surface area (Å²) in [5.74, 6) is 0.0353. The second-order valence-corrected chi connectivity index (χ2v) is 6.54. The summed E-state index contributed by atoms with van der Waals surface area (Å²) in [7, 11) is 0. The Hall–Kier alpha value is -2.46. The van der Waals surface area contributed by atoms with Crippen LogP contribution in [0.1, 0.15) is 48.1 Å². The Balaban J connectivity index is 1.52. The van der Waals surface area contributed by atoms with Gasteiger partial charge in [0.25, 0.3) is 0 Å². The van der Waals surface area contributed by atoms with Crippen LogP contribution in [-0.2, 0) is 4.79 Å². The smallest absolute Gasteiger partial charge is 0.225 e. The molecule has 1 aliphatic rings. The topological polar surface area (TPSA) is 49.4 Å². The maximum atomic E-state index is 12.2. The number of hydrogen-bond donors (Lipinski definition) is 1. The number of anilines is 1. The van der Waals surface area contributed by atoms with Crippen LogP contribution in [0.15, 0.2) is 54.6 Å². The number of carbonyl (C=O) groups is 2. The van der Waals surface area contributed by atoms with Crippen LogP contribution in [0.2, 0.25) is 0 Å². The molecule has 1 amide bonds. The summed E-state index contributed by atoms with van der Waals surface area (Å²) >= 11 is 0. The van der Waals surface area contributed by atoms with E-state index in [-0.39, 0.29) is 11.7 Å². The molecule has 0 bridgehead atoms. The Labute approximate surface area is 148 Å². The highest BCUT2D eigenvalue weighted by atomic mass is 16.1. The minimum Gasteiger partial charge on any atom is -0.326 e. The third-order valence-electron chi connectivity index (χ3n) is 4.75. The summed E-state index contributed by atoms with van der Waals surface area (Å²) in [5, 5.41) is 2.91. The molecule has 2 aromatic rings. The molecule has 25 heavy (non-hydrogen) atoms. The number of carbonyl (C=O) groups excluding carboxylic acids is 2. The Morgan fingerprint density at radius 2 is 1.80 bits per heavy atom. The number of benzene rings is 2. The number of nitrogens with zero attached hydrogens (tertiary/aromatic N) is 1. The van der Waals surface area contributed by atoms with E-state index >= 15 is 0 Å². The number of amides is 1. The number of likely N-dealkylation sites (tertiary alicyclic amines) is 1. The Morgan fingerprint density at radius 1 is 1.08 bits per heavy atom. The fraction of sp³-hybridized carbons (Fsp3) is 0.333. The molecule has 4 nitrogen and oxygen atoms in total. The van der Waals surface area contributed by atoms with E-state index < -0.39 is 0 Å². The van der Waals surface area contributed by atoms with Crippen LogP contribution in [-0.4, -0.2) is 29.7 Å². The van der Waals surface area contributed by atoms with Gasteiger partial charge in [-0.05, 0) is 56.1 Å². The molecule has 0 radical (unpaired) electrons. The molecular weight excluding hydrogens is 312 g/mol. The van der Waals surface area contributed by atoms with Crippen molar-refractivity contribution in [2.45, 2.75) is 32.2 Å². The summed E-state index contributed by atoms with van der Waals surface area (Å²) in [6, 6.07) is 18.0. The highest BCUT2D eigenvalue weighted by Gasteiger charge is 2.25. The molecule has 0 aromatic heterocycles. The molecule has 1 saturated heterocycles. The van der Waals surface area contributed by atoms with Gasteiger partial charge in [-0.3, -0.25) is 14.5 Å². The molecule has 1 fully saturated rings. The predicted molar refractivity (Wildman–Crippen MR) is 99.7 cm³/mol. The quantitative estimate of drug-likeness (QED) is 0.810. The summed E-state index contributed by atoms with van der Waals surface area (Å²) in [6.07, 6.45) is 2.80. The molecule has 130 valence electrons. The van der Waals surface area contributed by atoms with Gasteiger partial charge >= 0.3 is 0 Å². The standard InChI is InChI=1S/C21H24N2O2/c1-16(24)17-9-11-19(12-10-17)22-21(25)13-15-23-14-5-8-20(23)18-6-3-2-4-7-18/h2-4,6-7,9-12,20H,5,8,13-15H2,1H3,(H,22,25)/t20-/m0/s1. The van der Waals surface area contributed by atoms with Gasteiger partial charge in [-0.25, -0.2) is 0 Å². The van der Waals surface area contributed by atoms with Crippen molar-refractivity contribution in [3.05, 3.63) is 65.7 Å². The molecule has 0 spiro atoms. The molecule has 3 rings (SSSR count). The monoisotopic (exact) mass is 336 g/mol. The second-order valence-electron chi connectivity index (χ2n) is 6.54. The maximum Gasteiger partial charge on any atom is 0.225 e. The second kappa shape index (κ2) is 8.08. The van der Waals surface area contributed by atoms with Gasteiger partial charge in [-0.1, -0.05) is 30.3 Å². The van der Waals surface area contributed by atoms with Crippen LogP contribution < -0.4 is 5.32 Å². The molecular formula is C21H24N2O2. The molecule has 4 heteroatoms. The van der Waals surface area contributed by atoms with Gasteiger partial charge in [0.1, 0.15) is 0 Å². The third kappa shape index (κ3) is 4.54. The van der Waals surface area contributed by atoms with Crippen LogP contribution in [0.25, 0.3) is 0 Å². The number of rotatable bonds is 6. The Morgan fingerprint density at radius 3 is 2.48 bits per heavy atom. The van der Waals surface area contributed by atoms with Crippen molar-refractivity contribution in [2.75, 3.05) is 18.4 Å². The minimum atomic E-state index is 0.00860. The first-order valence-electron chi connectivity index (χ1n) is 8.83. The molecule has 1 atom stereocenters. The zero-order valence-electron chi connectivity index (χ0n) is 14.6. The lowest BCUT2D eigenvalue weighted by atomic mass is 10.0. The van der Waals surface area contributed by atoms with Crippen LogP contribution in [0.5, 0.6) is 0 Å². The molecule has 2 aromatic carbocycles. The van der Waals surface area contributed by atoms with Gasteiger partial charge in [-0.2, -0.15) is 0 Å². The normalized spacial score (nSPS) is 17.4. The van der Waals surface area contributed by atoms with Crippen molar-refractivity contribution in [3.63, 3.8) is 0 Å². The van der Waals surface area contributed by atoms with Crippen molar-refractivity contribution < 1.29 is 9.59 Å². The molecule has 0 aliphatic carbocycles. The lowest BCUT2D eigenvalue weighted by Crippen LogP contribution is -2.27. The first kappa shape index (κ1) is 17.4. The molecule has 1 heterocycles. The number of Topliss-reactive ketones (excluding diaryl/α,β-unsaturated/α-hetero) is 1. The van der Waals surface area contributed by atoms with Crippen LogP contribution in [0, 0.1) is 0 Å². The van der Waals surface area contributed by atoms with Crippen LogP contribution in [0.4, 0.5) is 5.69 Å². The fourth-order valence-corrected chi connectivity index (χ4v) is 3.40. The summed E-state index contributed by atoms with van der Waals surface area (Å²) in [5.41, 5.74) is 2.72. The average molecular weight is 336 g/mol. The van der Waals surface area contributed by atoms with E-state index in [9.17, 15) is 9.59 Å². The molecule has 0 saturated carbocycles. The largest absolute Gasteiger partial charge is 0.326 e. The SMILES string of the molecule is CC(=O)c1ccc(NC(=O)CCN2CCC[C@H]2c2ccccc2)cc1. The number of hydrogen-bond acceptors (Lipinski definition) is 3. The van der Waals surface area contributed by atoms with Gasteiger partial charge in [0.15, 0.2) is 5.78 Å². The van der Waals surface area contributed by atoms with E-state index in [1.807, 2.05) is 6.07 Å². The van der Waals surface area contributed by atoms with E-state index in [1.54, 1.807) is 24.3 Å². The third-order valence-corrected chi connectivity index (χ3v) is 4.75. The average Bonchev–Trinajstić information content (AvgIpc) is 3.10. The summed E-state index contributed by atoms with van der Waals surface area (Å²) in [6.45, 7) is 3.34. The van der Waals surface area contributed by atoms with Gasteiger partial charge in [0.2, 0.25) is 5.91 Å². The van der Waals surface area contributed by atoms with Crippen LogP contribution in [0.3, 0.4) is 0 Å². The predicted octanol–water partition coefficient (Wildman–Crippen LogP) is 4.05. The molecule has 0 unspecified atom stereocenters. The van der Waals surface area contributed by atoms with Gasteiger partial charge < -0.3 is 5.32 Å². The van der Waals surface area contributed by atoms with Crippen molar-refractivity contribution in [1.82, 2.24) is 4.90 Å². The molecule has 1 N–H and O–H groups in total. The van der Waals surface area contributed by atoms with E-state index in [2.05, 4.69) is 34.5 Å². The van der Waals surface area contributed by atoms with Gasteiger partial charge in [-0.15, -0.1) is 0 Å². The first-order chi connectivity index (χ1) is 12.1. The van der Waals surface area contributed by atoms with Crippen molar-refractivity contribution in [3.8, 4) is 0 Å². The zero-order valence-corrected chi connectivity index (χ0v) is 14.6. The highest BCUT2D eigenvalue weighted by molar-refractivity contribution is 5.95. The highest BCUT2D eigenvalue weighted by Crippen LogP contribution is 2.31. The minimum absolute atomic E-state index is 0.00860. The zero-order chi connectivity index (χ0) is 17.6. The number of nitrogens with one attached hydrogen (secondary N) is 1. The van der Waals surface area contributed by atoms with E-state index in [1.165, 1.54) is 18.9 Å². The van der Waals surface area contributed by atoms with Crippen molar-refractivity contribution in [1.29, 1.82) is 0 Å². The number of ketones is 1. The van der Waals surface area contributed by atoms with E-state index in [4.69, 9.17) is 0 Å². The van der Waals surface area contributed by atoms with Gasteiger partial charge in [0.05, 0.1) is 0 Å². The maximum absolute atomic E-state index is 12.2. The van der Waals surface area contributed by atoms with E-state index in [0.717, 1.165) is 25.2 Å². The van der Waals surface area contributed by atoms with Gasteiger partial charge in [0, 0.05) is 30.3 Å². The summed E-state index contributed by atoms with van der Waals surface area (Å²) in [4.78, 5) is 25.9. The van der Waals surface area contributed by atoms with Crippen LogP contribution >= 0.6 is 0 Å². The Kier molecular flexibility index (Phi) is 5.61. The fourth-order valence-electron chi connectivity index (χ4n) is 3.40. The first-order valence-corrected chi connectivity index (χ1v) is 8.83.